The van der Waals surface area contributed by atoms with Gasteiger partial charge in [-0.15, -0.1) is 5.54 Å². The van der Waals surface area contributed by atoms with Crippen LogP contribution < -0.4 is 0 Å². The zero-order valence-corrected chi connectivity index (χ0v) is 13.2. The van der Waals surface area contributed by atoms with Gasteiger partial charge in [0.2, 0.25) is 0 Å². The van der Waals surface area contributed by atoms with Crippen molar-refractivity contribution in [2.24, 2.45) is 0 Å². The molecule has 3 nitrogen and oxygen atoms in total. The molecule has 4 heteroatoms. The molecule has 0 aliphatic rings. The van der Waals surface area contributed by atoms with Gasteiger partial charge >= 0.3 is 0 Å². The van der Waals surface area contributed by atoms with Crippen LogP contribution in [0.25, 0.3) is 0 Å². The van der Waals surface area contributed by atoms with Crippen molar-refractivity contribution in [3.8, 4) is 11.5 Å². The van der Waals surface area contributed by atoms with E-state index in [1.165, 1.54) is 18.1 Å². The number of aromatic nitrogens is 1. The molecule has 0 spiro atoms. The van der Waals surface area contributed by atoms with Gasteiger partial charge in [0.25, 0.3) is 5.97 Å². The Hall–Kier alpha value is -1.60. The highest BCUT2D eigenvalue weighted by Crippen LogP contribution is 2.18. The minimum absolute atomic E-state index is 0.833. The lowest BCUT2D eigenvalue weighted by Crippen LogP contribution is -2.29. The van der Waals surface area contributed by atoms with E-state index in [2.05, 4.69) is 37.2 Å². The molecule has 1 heterocycles. The minimum atomic E-state index is -1.29. The molecular weight excluding hydrogens is 254 g/mol. The number of pyridine rings is 1. The normalized spacial score (nSPS) is 9.68. The lowest BCUT2D eigenvalue weighted by molar-refractivity contribution is -0.134. The monoisotopic (exact) mass is 277 g/mol. The van der Waals surface area contributed by atoms with E-state index >= 15 is 0 Å². The first-order valence-electron chi connectivity index (χ1n) is 6.62. The van der Waals surface area contributed by atoms with E-state index in [-0.39, 0.29) is 0 Å². The van der Waals surface area contributed by atoms with Crippen LogP contribution in [0.2, 0.25) is 18.1 Å². The molecule has 0 radical (unpaired) electrons. The summed E-state index contributed by atoms with van der Waals surface area (Å²) in [6, 6.07) is 7.74. The number of nitrogens with zero attached hydrogens (tertiary/aromatic N) is 1. The molecule has 1 aromatic heterocycles. The number of hydrogen-bond donors (Lipinski definition) is 1. The SMILES string of the molecule is CC(=O)O.CC[Si](C#Cc1cccnc1)(CC)CC. The van der Waals surface area contributed by atoms with Crippen LogP contribution in [0, 0.1) is 11.5 Å². The third-order valence-corrected chi connectivity index (χ3v) is 7.88. The van der Waals surface area contributed by atoms with Crippen LogP contribution >= 0.6 is 0 Å². The average Bonchev–Trinajstić information content (AvgIpc) is 2.42. The van der Waals surface area contributed by atoms with Gasteiger partial charge < -0.3 is 5.11 Å². The highest BCUT2D eigenvalue weighted by atomic mass is 28.3. The molecular formula is C15H23NO2Si. The number of aliphatic carboxylic acids is 1. The van der Waals surface area contributed by atoms with Gasteiger partial charge in [-0.05, 0) is 30.3 Å². The van der Waals surface area contributed by atoms with Gasteiger partial charge in [0.05, 0.1) is 0 Å². The van der Waals surface area contributed by atoms with Gasteiger partial charge in [-0.3, -0.25) is 9.78 Å². The second-order valence-corrected chi connectivity index (χ2v) is 9.28. The summed E-state index contributed by atoms with van der Waals surface area (Å²) >= 11 is 0. The molecule has 0 atom stereocenters. The molecule has 0 aliphatic carbocycles. The van der Waals surface area contributed by atoms with Gasteiger partial charge in [-0.2, -0.15) is 0 Å². The fraction of sp³-hybridized carbons (Fsp3) is 0.467. The van der Waals surface area contributed by atoms with Crippen LogP contribution in [0.1, 0.15) is 33.3 Å². The standard InChI is InChI=1S/C13H19NSi.C2H4O2/c1-4-15(5-2,6-3)11-9-13-8-7-10-14-12-13;1-2(3)4/h7-8,10,12H,4-6H2,1-3H3;1H3,(H,3,4). The van der Waals surface area contributed by atoms with Crippen molar-refractivity contribution in [1.82, 2.24) is 4.98 Å². The van der Waals surface area contributed by atoms with E-state index in [0.29, 0.717) is 0 Å². The highest BCUT2D eigenvalue weighted by molar-refractivity contribution is 6.87. The molecule has 0 aromatic carbocycles. The van der Waals surface area contributed by atoms with Crippen LogP contribution in [0.4, 0.5) is 0 Å². The number of carbonyl (C=O) groups is 1. The van der Waals surface area contributed by atoms with Crippen LogP contribution in [0.5, 0.6) is 0 Å². The minimum Gasteiger partial charge on any atom is -0.481 e. The van der Waals surface area contributed by atoms with Gasteiger partial charge in [-0.25, -0.2) is 0 Å². The lowest BCUT2D eigenvalue weighted by Gasteiger charge is -2.19. The smallest absolute Gasteiger partial charge is 0.300 e. The summed E-state index contributed by atoms with van der Waals surface area (Å²) < 4.78 is 0. The predicted molar refractivity (Wildman–Crippen MR) is 81.6 cm³/mol. The first kappa shape index (κ1) is 17.4. The molecule has 0 amide bonds. The molecule has 104 valence electrons. The zero-order valence-electron chi connectivity index (χ0n) is 12.2. The number of carboxylic acid groups (broad SMARTS) is 1. The topological polar surface area (TPSA) is 50.2 Å². The van der Waals surface area contributed by atoms with E-state index in [1.807, 2.05) is 18.3 Å². The van der Waals surface area contributed by atoms with Crippen molar-refractivity contribution in [2.45, 2.75) is 45.8 Å². The fourth-order valence-electron chi connectivity index (χ4n) is 1.66. The number of hydrogen-bond acceptors (Lipinski definition) is 2. The second kappa shape index (κ2) is 9.34. The van der Waals surface area contributed by atoms with Gasteiger partial charge in [0.15, 0.2) is 0 Å². The van der Waals surface area contributed by atoms with Crippen molar-refractivity contribution in [3.63, 3.8) is 0 Å². The van der Waals surface area contributed by atoms with Crippen molar-refractivity contribution in [1.29, 1.82) is 0 Å². The van der Waals surface area contributed by atoms with Crippen LogP contribution in [0.15, 0.2) is 24.5 Å². The molecule has 0 saturated heterocycles. The van der Waals surface area contributed by atoms with E-state index in [0.717, 1.165) is 12.5 Å². The van der Waals surface area contributed by atoms with E-state index < -0.39 is 14.0 Å². The lowest BCUT2D eigenvalue weighted by atomic mass is 10.3. The summed E-state index contributed by atoms with van der Waals surface area (Å²) in [6.07, 6.45) is 3.63. The Morgan fingerprint density at radius 3 is 2.21 bits per heavy atom. The van der Waals surface area contributed by atoms with Crippen molar-refractivity contribution in [2.75, 3.05) is 0 Å². The first-order valence-corrected chi connectivity index (χ1v) is 9.24. The summed E-state index contributed by atoms with van der Waals surface area (Å²) in [6.45, 7) is 7.91. The highest BCUT2D eigenvalue weighted by Gasteiger charge is 2.23. The van der Waals surface area contributed by atoms with Crippen molar-refractivity contribution >= 4 is 14.0 Å². The Bertz CT molecular complexity index is 418. The molecule has 1 rings (SSSR count). The van der Waals surface area contributed by atoms with E-state index in [1.54, 1.807) is 6.20 Å². The predicted octanol–water partition coefficient (Wildman–Crippen LogP) is 3.57. The summed E-state index contributed by atoms with van der Waals surface area (Å²) in [5.74, 6) is 2.45. The largest absolute Gasteiger partial charge is 0.481 e. The molecule has 0 unspecified atom stereocenters. The second-order valence-electron chi connectivity index (χ2n) is 4.35. The van der Waals surface area contributed by atoms with Crippen LogP contribution in [0.3, 0.4) is 0 Å². The van der Waals surface area contributed by atoms with Gasteiger partial charge in [0, 0.05) is 24.9 Å². The Morgan fingerprint density at radius 1 is 1.32 bits per heavy atom. The Morgan fingerprint density at radius 2 is 1.84 bits per heavy atom. The summed E-state index contributed by atoms with van der Waals surface area (Å²) in [5, 5.41) is 7.42. The molecule has 0 saturated carbocycles. The van der Waals surface area contributed by atoms with Gasteiger partial charge in [0.1, 0.15) is 8.07 Å². The van der Waals surface area contributed by atoms with E-state index in [9.17, 15) is 0 Å². The maximum atomic E-state index is 9.00. The third kappa shape index (κ3) is 7.42. The Kier molecular flexibility index (Phi) is 8.55. The first-order chi connectivity index (χ1) is 8.99. The molecule has 1 N–H and O–H groups in total. The van der Waals surface area contributed by atoms with Crippen molar-refractivity contribution in [3.05, 3.63) is 30.1 Å². The average molecular weight is 277 g/mol. The third-order valence-electron chi connectivity index (χ3n) is 3.16. The maximum absolute atomic E-state index is 9.00. The Labute approximate surface area is 117 Å². The van der Waals surface area contributed by atoms with Crippen LogP contribution in [-0.2, 0) is 4.79 Å². The van der Waals surface area contributed by atoms with E-state index in [4.69, 9.17) is 9.90 Å². The molecule has 1 aromatic rings. The molecule has 0 aliphatic heterocycles. The van der Waals surface area contributed by atoms with Crippen molar-refractivity contribution < 1.29 is 9.90 Å². The fourth-order valence-corrected chi connectivity index (χ4v) is 4.10. The molecule has 0 fully saturated rings. The number of rotatable bonds is 3. The molecule has 19 heavy (non-hydrogen) atoms. The number of carboxylic acids is 1. The quantitative estimate of drug-likeness (QED) is 0.678. The molecule has 0 bridgehead atoms. The summed E-state index contributed by atoms with van der Waals surface area (Å²) in [4.78, 5) is 13.1. The summed E-state index contributed by atoms with van der Waals surface area (Å²) in [7, 11) is -1.29. The van der Waals surface area contributed by atoms with Gasteiger partial charge in [-0.1, -0.05) is 26.7 Å². The Balaban J connectivity index is 0.000000711. The van der Waals surface area contributed by atoms with Crippen LogP contribution in [-0.4, -0.2) is 24.1 Å². The summed E-state index contributed by atoms with van der Waals surface area (Å²) in [5.41, 5.74) is 4.59. The zero-order chi connectivity index (χ0) is 14.7. The maximum Gasteiger partial charge on any atom is 0.300 e.